The molecule has 0 unspecified atom stereocenters. The van der Waals surface area contributed by atoms with Gasteiger partial charge in [-0.2, -0.15) is 0 Å². The minimum absolute atomic E-state index is 0.159. The smallest absolute Gasteiger partial charge is 0.306 e. The predicted octanol–water partition coefficient (Wildman–Crippen LogP) is 6.55. The summed E-state index contributed by atoms with van der Waals surface area (Å²) in [6, 6.07) is 8.92. The van der Waals surface area contributed by atoms with Gasteiger partial charge in [0.1, 0.15) is 11.6 Å². The molecule has 0 fully saturated rings. The first-order chi connectivity index (χ1) is 16.8. The van der Waals surface area contributed by atoms with E-state index in [9.17, 15) is 9.18 Å². The highest BCUT2D eigenvalue weighted by atomic mass is 19.1. The van der Waals surface area contributed by atoms with Gasteiger partial charge in [0, 0.05) is 25.8 Å². The number of nitrogens with one attached hydrogen (secondary N) is 1. The van der Waals surface area contributed by atoms with E-state index >= 15 is 0 Å². The van der Waals surface area contributed by atoms with Crippen LogP contribution in [-0.2, 0) is 20.7 Å². The van der Waals surface area contributed by atoms with Crippen molar-refractivity contribution < 1.29 is 23.4 Å². The maximum absolute atomic E-state index is 14.5. The Morgan fingerprint density at radius 1 is 1.17 bits per heavy atom. The molecule has 0 aliphatic carbocycles. The van der Waals surface area contributed by atoms with E-state index in [1.54, 1.807) is 20.1 Å². The molecule has 0 radical (unpaired) electrons. The highest BCUT2D eigenvalue weighted by Gasteiger charge is 2.10. The van der Waals surface area contributed by atoms with Crippen LogP contribution in [0.1, 0.15) is 42.5 Å². The fourth-order valence-electron chi connectivity index (χ4n) is 3.84. The van der Waals surface area contributed by atoms with Gasteiger partial charge >= 0.3 is 5.97 Å². The number of carbonyl (C=O) groups is 1. The number of halogens is 1. The maximum atomic E-state index is 14.5. The zero-order valence-corrected chi connectivity index (χ0v) is 21.4. The molecule has 2 aromatic rings. The van der Waals surface area contributed by atoms with E-state index in [0.717, 1.165) is 33.6 Å². The summed E-state index contributed by atoms with van der Waals surface area (Å²) in [4.78, 5) is 11.5. The molecule has 0 bridgehead atoms. The van der Waals surface area contributed by atoms with Crippen LogP contribution in [0.4, 0.5) is 10.1 Å². The van der Waals surface area contributed by atoms with E-state index < -0.39 is 0 Å². The van der Waals surface area contributed by atoms with Crippen molar-refractivity contribution in [1.82, 2.24) is 0 Å². The molecule has 188 valence electrons. The molecule has 0 aliphatic heterocycles. The summed E-state index contributed by atoms with van der Waals surface area (Å²) < 4.78 is 30.0. The highest BCUT2D eigenvalue weighted by Crippen LogP contribution is 2.28. The van der Waals surface area contributed by atoms with Crippen molar-refractivity contribution in [2.24, 2.45) is 0 Å². The van der Waals surface area contributed by atoms with E-state index in [-0.39, 0.29) is 25.0 Å². The molecule has 35 heavy (non-hydrogen) atoms. The SMILES string of the molecule is C=C(/C=C(\C=C/C)CNc1ccc(CCC(=O)OCC)c(F)c1)c1c(C)cc(OCOC)cc1C. The van der Waals surface area contributed by atoms with Crippen LogP contribution in [0, 0.1) is 19.7 Å². The van der Waals surface area contributed by atoms with Crippen molar-refractivity contribution in [3.63, 3.8) is 0 Å². The maximum Gasteiger partial charge on any atom is 0.306 e. The minimum Gasteiger partial charge on any atom is -0.468 e. The number of hydrogen-bond donors (Lipinski definition) is 1. The topological polar surface area (TPSA) is 56.8 Å². The molecule has 6 heteroatoms. The molecule has 0 amide bonds. The number of rotatable bonds is 13. The first kappa shape index (κ1) is 27.9. The third-order valence-electron chi connectivity index (χ3n) is 5.36. The highest BCUT2D eigenvalue weighted by molar-refractivity contribution is 5.78. The van der Waals surface area contributed by atoms with Gasteiger partial charge in [0.25, 0.3) is 0 Å². The Morgan fingerprint density at radius 3 is 2.49 bits per heavy atom. The summed E-state index contributed by atoms with van der Waals surface area (Å²) in [5, 5.41) is 3.27. The van der Waals surface area contributed by atoms with Gasteiger partial charge in [0.2, 0.25) is 0 Å². The van der Waals surface area contributed by atoms with Crippen molar-refractivity contribution in [3.05, 3.63) is 88.8 Å². The van der Waals surface area contributed by atoms with Crippen LogP contribution in [0.5, 0.6) is 5.75 Å². The summed E-state index contributed by atoms with van der Waals surface area (Å²) in [5.41, 5.74) is 6.22. The van der Waals surface area contributed by atoms with Crippen LogP contribution < -0.4 is 10.1 Å². The minimum atomic E-state index is -0.345. The van der Waals surface area contributed by atoms with Gasteiger partial charge in [-0.1, -0.05) is 24.8 Å². The molecular formula is C29H36FNO4. The normalized spacial score (nSPS) is 11.5. The number of anilines is 1. The first-order valence-corrected chi connectivity index (χ1v) is 11.7. The van der Waals surface area contributed by atoms with Crippen LogP contribution in [-0.4, -0.2) is 33.0 Å². The Labute approximate surface area is 208 Å². The molecule has 0 saturated heterocycles. The monoisotopic (exact) mass is 481 g/mol. The number of esters is 1. The number of benzene rings is 2. The molecule has 0 spiro atoms. The molecule has 0 aromatic heterocycles. The van der Waals surface area contributed by atoms with Crippen molar-refractivity contribution in [3.8, 4) is 5.75 Å². The fraction of sp³-hybridized carbons (Fsp3) is 0.345. The summed E-state index contributed by atoms with van der Waals surface area (Å²) in [6.07, 6.45) is 6.46. The lowest BCUT2D eigenvalue weighted by Crippen LogP contribution is -2.07. The second-order valence-corrected chi connectivity index (χ2v) is 8.19. The standard InChI is InChI=1S/C29H36FNO4/c1-7-9-23(14-20(3)29-21(4)15-26(16-22(29)5)35-19-33-6)18-31-25-12-10-24(27(30)17-25)11-13-28(32)34-8-2/h7,9-10,12,14-17,31H,3,8,11,13,18-19H2,1-2,4-6H3/b9-7-,23-14+. The summed E-state index contributed by atoms with van der Waals surface area (Å²) in [7, 11) is 1.59. The lowest BCUT2D eigenvalue weighted by atomic mass is 9.94. The lowest BCUT2D eigenvalue weighted by molar-refractivity contribution is -0.143. The molecule has 5 nitrogen and oxygen atoms in total. The number of hydrogen-bond acceptors (Lipinski definition) is 5. The Bertz CT molecular complexity index is 1070. The van der Waals surface area contributed by atoms with Crippen LogP contribution in [0.15, 0.2) is 60.7 Å². The lowest BCUT2D eigenvalue weighted by Gasteiger charge is -2.15. The van der Waals surface area contributed by atoms with Gasteiger partial charge in [-0.3, -0.25) is 4.79 Å². The molecule has 0 saturated carbocycles. The average Bonchev–Trinajstić information content (AvgIpc) is 2.80. The van der Waals surface area contributed by atoms with E-state index in [0.29, 0.717) is 30.8 Å². The second-order valence-electron chi connectivity index (χ2n) is 8.19. The third-order valence-corrected chi connectivity index (χ3v) is 5.36. The van der Waals surface area contributed by atoms with Gasteiger partial charge in [0.15, 0.2) is 6.79 Å². The van der Waals surface area contributed by atoms with Gasteiger partial charge in [-0.05, 0) is 97.9 Å². The predicted molar refractivity (Wildman–Crippen MR) is 140 cm³/mol. The van der Waals surface area contributed by atoms with E-state index in [4.69, 9.17) is 14.2 Å². The number of carbonyl (C=O) groups excluding carboxylic acids is 1. The van der Waals surface area contributed by atoms with Crippen LogP contribution in [0.2, 0.25) is 0 Å². The van der Waals surface area contributed by atoms with E-state index in [1.165, 1.54) is 6.07 Å². The largest absolute Gasteiger partial charge is 0.468 e. The quantitative estimate of drug-likeness (QED) is 0.200. The Kier molecular flexibility index (Phi) is 11.2. The van der Waals surface area contributed by atoms with Crippen molar-refractivity contribution in [2.75, 3.05) is 32.4 Å². The fourth-order valence-corrected chi connectivity index (χ4v) is 3.84. The Morgan fingerprint density at radius 2 is 1.89 bits per heavy atom. The van der Waals surface area contributed by atoms with Gasteiger partial charge in [-0.25, -0.2) is 4.39 Å². The van der Waals surface area contributed by atoms with Crippen LogP contribution in [0.3, 0.4) is 0 Å². The van der Waals surface area contributed by atoms with Crippen molar-refractivity contribution in [1.29, 1.82) is 0 Å². The van der Waals surface area contributed by atoms with Crippen LogP contribution in [0.25, 0.3) is 5.57 Å². The molecule has 0 atom stereocenters. The molecule has 0 heterocycles. The van der Waals surface area contributed by atoms with Gasteiger partial charge in [-0.15, -0.1) is 0 Å². The average molecular weight is 482 g/mol. The summed E-state index contributed by atoms with van der Waals surface area (Å²) >= 11 is 0. The molecular weight excluding hydrogens is 445 g/mol. The van der Waals surface area contributed by atoms with Gasteiger partial charge in [0.05, 0.1) is 6.61 Å². The van der Waals surface area contributed by atoms with E-state index in [2.05, 4.69) is 11.9 Å². The molecule has 0 aliphatic rings. The molecule has 2 rings (SSSR count). The van der Waals surface area contributed by atoms with E-state index in [1.807, 2.05) is 57.2 Å². The summed E-state index contributed by atoms with van der Waals surface area (Å²) in [5.74, 6) is 0.0887. The second kappa shape index (κ2) is 14.1. The molecule has 2 aromatic carbocycles. The zero-order chi connectivity index (χ0) is 25.8. The zero-order valence-electron chi connectivity index (χ0n) is 21.4. The number of aryl methyl sites for hydroxylation is 3. The number of allylic oxidation sites excluding steroid dienone is 3. The number of ether oxygens (including phenoxy) is 3. The summed E-state index contributed by atoms with van der Waals surface area (Å²) in [6.45, 7) is 13.1. The van der Waals surface area contributed by atoms with Crippen LogP contribution >= 0.6 is 0 Å². The van der Waals surface area contributed by atoms with Crippen molar-refractivity contribution >= 4 is 17.2 Å². The third kappa shape index (κ3) is 8.72. The Hall–Kier alpha value is -3.38. The van der Waals surface area contributed by atoms with Crippen molar-refractivity contribution in [2.45, 2.75) is 40.5 Å². The molecule has 1 N–H and O–H groups in total. The first-order valence-electron chi connectivity index (χ1n) is 11.7. The van der Waals surface area contributed by atoms with Gasteiger partial charge < -0.3 is 19.5 Å². The number of methoxy groups -OCH3 is 1. The Balaban J connectivity index is 2.11.